The van der Waals surface area contributed by atoms with E-state index in [4.69, 9.17) is 11.5 Å². The summed E-state index contributed by atoms with van der Waals surface area (Å²) in [6.45, 7) is 3.29. The highest BCUT2D eigenvalue weighted by Crippen LogP contribution is 2.44. The third-order valence-electron chi connectivity index (χ3n) is 4.35. The topological polar surface area (TPSA) is 127 Å². The van der Waals surface area contributed by atoms with E-state index >= 15 is 0 Å². The van der Waals surface area contributed by atoms with Crippen LogP contribution in [0.2, 0.25) is 0 Å². The van der Waals surface area contributed by atoms with Gasteiger partial charge in [0.2, 0.25) is 0 Å². The van der Waals surface area contributed by atoms with Crippen LogP contribution in [0.1, 0.15) is 28.4 Å². The molecule has 0 heterocycles. The summed E-state index contributed by atoms with van der Waals surface area (Å²) < 4.78 is 0. The Balaban J connectivity index is 2.41. The summed E-state index contributed by atoms with van der Waals surface area (Å²) in [5.41, 5.74) is 13.1. The van der Waals surface area contributed by atoms with Gasteiger partial charge in [-0.15, -0.1) is 0 Å². The van der Waals surface area contributed by atoms with Crippen LogP contribution in [0, 0.1) is 12.8 Å². The summed E-state index contributed by atoms with van der Waals surface area (Å²) in [5.74, 6) is -2.73. The number of rotatable bonds is 0. The number of hydrogen-bond acceptors (Lipinski definition) is 6. The summed E-state index contributed by atoms with van der Waals surface area (Å²) >= 11 is 0. The number of carbonyl (C=O) groups excluding carboxylic acids is 2. The minimum Gasteiger partial charge on any atom is -0.507 e. The number of anilines is 1. The van der Waals surface area contributed by atoms with Gasteiger partial charge in [0.05, 0.1) is 17.2 Å². The number of nitrogens with two attached hydrogens (primary N) is 2. The molecule has 0 bridgehead atoms. The lowest BCUT2D eigenvalue weighted by molar-refractivity contribution is -0.121. The average Bonchev–Trinajstić information content (AvgIpc) is 2.45. The Morgan fingerprint density at radius 2 is 1.77 bits per heavy atom. The van der Waals surface area contributed by atoms with Gasteiger partial charge in [-0.25, -0.2) is 0 Å². The molecule has 6 heteroatoms. The zero-order valence-electron chi connectivity index (χ0n) is 12.2. The molecule has 0 radical (unpaired) electrons. The maximum Gasteiger partial charge on any atom is 0.180 e. The second-order valence-corrected chi connectivity index (χ2v) is 5.75. The Kier molecular flexibility index (Phi) is 2.90. The number of allylic oxidation sites excluding steroid dienone is 2. The maximum absolute atomic E-state index is 12.7. The number of aromatic hydroxyl groups is 1. The molecule has 0 fully saturated rings. The second-order valence-electron chi connectivity index (χ2n) is 5.75. The van der Waals surface area contributed by atoms with E-state index in [9.17, 15) is 19.8 Å². The highest BCUT2D eigenvalue weighted by atomic mass is 16.3. The number of hydrogen-bond donors (Lipinski definition) is 4. The predicted molar refractivity (Wildman–Crippen MR) is 81.4 cm³/mol. The third kappa shape index (κ3) is 1.64. The molecular weight excluding hydrogens is 284 g/mol. The first kappa shape index (κ1) is 14.3. The van der Waals surface area contributed by atoms with Crippen LogP contribution in [-0.4, -0.2) is 27.8 Å². The normalized spacial score (nSPS) is 24.0. The lowest BCUT2D eigenvalue weighted by atomic mass is 9.72. The first-order valence-corrected chi connectivity index (χ1v) is 6.83. The summed E-state index contributed by atoms with van der Waals surface area (Å²) in [5, 5.41) is 20.6. The minimum absolute atomic E-state index is 0.0164. The summed E-state index contributed by atoms with van der Waals surface area (Å²) in [4.78, 5) is 25.1. The molecule has 6 N–H and O–H groups in total. The first-order valence-electron chi connectivity index (χ1n) is 6.83. The van der Waals surface area contributed by atoms with Crippen molar-refractivity contribution in [3.8, 4) is 5.75 Å². The van der Waals surface area contributed by atoms with Crippen molar-refractivity contribution < 1.29 is 19.8 Å². The second kappa shape index (κ2) is 4.45. The Morgan fingerprint density at radius 3 is 2.41 bits per heavy atom. The molecule has 3 rings (SSSR count). The Morgan fingerprint density at radius 1 is 1.14 bits per heavy atom. The Bertz CT molecular complexity index is 805. The predicted octanol–water partition coefficient (Wildman–Crippen LogP) is 1.22. The van der Waals surface area contributed by atoms with E-state index in [0.29, 0.717) is 11.1 Å². The molecule has 0 aromatic heterocycles. The number of aliphatic hydroxyl groups is 1. The van der Waals surface area contributed by atoms with E-state index < -0.39 is 23.5 Å². The van der Waals surface area contributed by atoms with Gasteiger partial charge >= 0.3 is 0 Å². The van der Waals surface area contributed by atoms with Gasteiger partial charge in [-0.05, 0) is 31.1 Å². The van der Waals surface area contributed by atoms with E-state index in [1.165, 1.54) is 12.1 Å². The van der Waals surface area contributed by atoms with Crippen LogP contribution in [0.4, 0.5) is 5.69 Å². The van der Waals surface area contributed by atoms with Crippen LogP contribution in [0.3, 0.4) is 0 Å². The molecule has 0 amide bonds. The van der Waals surface area contributed by atoms with Crippen LogP contribution in [0.25, 0.3) is 5.76 Å². The van der Waals surface area contributed by atoms with Crippen molar-refractivity contribution in [3.05, 3.63) is 40.0 Å². The molecule has 2 aliphatic carbocycles. The van der Waals surface area contributed by atoms with E-state index in [1.807, 2.05) is 0 Å². The average molecular weight is 300 g/mol. The molecule has 2 aliphatic rings. The molecule has 0 spiro atoms. The van der Waals surface area contributed by atoms with Gasteiger partial charge in [0.25, 0.3) is 0 Å². The van der Waals surface area contributed by atoms with Gasteiger partial charge in [0, 0.05) is 11.3 Å². The van der Waals surface area contributed by atoms with Crippen molar-refractivity contribution >= 4 is 23.0 Å². The lowest BCUT2D eigenvalue weighted by Gasteiger charge is -2.31. The largest absolute Gasteiger partial charge is 0.507 e. The summed E-state index contributed by atoms with van der Waals surface area (Å²) in [6, 6.07) is 0.498. The number of aliphatic hydroxyl groups excluding tert-OH is 1. The van der Waals surface area contributed by atoms with Crippen molar-refractivity contribution in [2.75, 3.05) is 5.73 Å². The van der Waals surface area contributed by atoms with Gasteiger partial charge in [0.15, 0.2) is 11.6 Å². The van der Waals surface area contributed by atoms with Crippen molar-refractivity contribution in [1.29, 1.82) is 0 Å². The van der Waals surface area contributed by atoms with Crippen LogP contribution >= 0.6 is 0 Å². The van der Waals surface area contributed by atoms with E-state index in [2.05, 4.69) is 0 Å². The highest BCUT2D eigenvalue weighted by molar-refractivity contribution is 6.22. The monoisotopic (exact) mass is 300 g/mol. The highest BCUT2D eigenvalue weighted by Gasteiger charge is 2.45. The molecule has 6 nitrogen and oxygen atoms in total. The van der Waals surface area contributed by atoms with Gasteiger partial charge in [-0.3, -0.25) is 9.59 Å². The zero-order chi connectivity index (χ0) is 16.3. The summed E-state index contributed by atoms with van der Waals surface area (Å²) in [7, 11) is 0. The molecule has 114 valence electrons. The zero-order valence-corrected chi connectivity index (χ0v) is 12.2. The molecule has 0 unspecified atom stereocenters. The van der Waals surface area contributed by atoms with Gasteiger partial charge in [-0.2, -0.15) is 0 Å². The standard InChI is InChI=1S/C16H16N2O4/c1-5-3-7-9(16(22)13(5)18)15(21)11-10(14(7)20)8(19)4-6(2)12(11)17/h3-4,9,13,19-20H,17-18H2,1-2H3/t9-,13+/m0/s1. The minimum atomic E-state index is -1.17. The van der Waals surface area contributed by atoms with E-state index in [-0.39, 0.29) is 33.9 Å². The quantitative estimate of drug-likeness (QED) is 0.324. The molecular formula is C16H16N2O4. The maximum atomic E-state index is 12.7. The molecule has 1 aromatic carbocycles. The fourth-order valence-electron chi connectivity index (χ4n) is 3.05. The SMILES string of the molecule is CC1=CC2=C(O)c3c(O)cc(C)c(N)c3C(=O)[C@H]2C(=O)[C@@H]1N. The number of phenols is 1. The van der Waals surface area contributed by atoms with E-state index in [1.54, 1.807) is 13.8 Å². The van der Waals surface area contributed by atoms with Crippen LogP contribution in [-0.2, 0) is 4.79 Å². The van der Waals surface area contributed by atoms with Crippen LogP contribution < -0.4 is 11.5 Å². The molecule has 0 saturated heterocycles. The van der Waals surface area contributed by atoms with Crippen molar-refractivity contribution in [3.63, 3.8) is 0 Å². The molecule has 0 saturated carbocycles. The molecule has 2 atom stereocenters. The smallest absolute Gasteiger partial charge is 0.180 e. The number of carbonyl (C=O) groups is 2. The summed E-state index contributed by atoms with van der Waals surface area (Å²) in [6.07, 6.45) is 1.53. The lowest BCUT2D eigenvalue weighted by Crippen LogP contribution is -2.45. The van der Waals surface area contributed by atoms with Crippen molar-refractivity contribution in [2.45, 2.75) is 19.9 Å². The third-order valence-corrected chi connectivity index (χ3v) is 4.35. The fraction of sp³-hybridized carbons (Fsp3) is 0.250. The van der Waals surface area contributed by atoms with Gasteiger partial charge in [-0.1, -0.05) is 6.08 Å². The van der Waals surface area contributed by atoms with Crippen molar-refractivity contribution in [2.24, 2.45) is 11.7 Å². The number of phenolic OH excluding ortho intramolecular Hbond substituents is 1. The number of fused-ring (bicyclic) bond motifs is 2. The van der Waals surface area contributed by atoms with E-state index in [0.717, 1.165) is 0 Å². The Hall–Kier alpha value is -2.60. The fourth-order valence-corrected chi connectivity index (χ4v) is 3.05. The number of aryl methyl sites for hydroxylation is 1. The molecule has 22 heavy (non-hydrogen) atoms. The van der Waals surface area contributed by atoms with Gasteiger partial charge in [0.1, 0.15) is 17.4 Å². The molecule has 1 aromatic rings. The van der Waals surface area contributed by atoms with Crippen molar-refractivity contribution in [1.82, 2.24) is 0 Å². The number of benzene rings is 1. The molecule has 0 aliphatic heterocycles. The number of nitrogen functional groups attached to an aromatic ring is 1. The van der Waals surface area contributed by atoms with Crippen LogP contribution in [0.5, 0.6) is 5.75 Å². The number of Topliss-reactive ketones (excluding diaryl/α,β-unsaturated/α-hetero) is 2. The van der Waals surface area contributed by atoms with Gasteiger partial charge < -0.3 is 21.7 Å². The number of ketones is 2. The Labute approximate surface area is 126 Å². The first-order chi connectivity index (χ1) is 10.3. The van der Waals surface area contributed by atoms with Crippen LogP contribution in [0.15, 0.2) is 23.3 Å².